The Morgan fingerprint density at radius 2 is 1.78 bits per heavy atom. The van der Waals surface area contributed by atoms with E-state index in [-0.39, 0.29) is 41.4 Å². The van der Waals surface area contributed by atoms with Gasteiger partial charge in [-0.3, -0.25) is 9.59 Å². The number of nitrogens with zero attached hydrogens (tertiary/aromatic N) is 2. The maximum atomic E-state index is 13.1. The fourth-order valence-electron chi connectivity index (χ4n) is 10.1. The average molecular weight is 569 g/mol. The molecule has 1 aliphatic heterocycles. The van der Waals surface area contributed by atoms with Crippen molar-refractivity contribution in [2.75, 3.05) is 6.54 Å². The van der Waals surface area contributed by atoms with E-state index < -0.39 is 11.7 Å². The van der Waals surface area contributed by atoms with E-state index in [0.29, 0.717) is 54.8 Å². The van der Waals surface area contributed by atoms with E-state index in [2.05, 4.69) is 47.6 Å². The minimum absolute atomic E-state index is 0.123. The van der Waals surface area contributed by atoms with E-state index in [0.717, 1.165) is 44.9 Å². The summed E-state index contributed by atoms with van der Waals surface area (Å²) in [5, 5.41) is 35.9. The molecular weight excluding hydrogens is 516 g/mol. The first-order valence-electron chi connectivity index (χ1n) is 16.2. The molecule has 0 spiro atoms. The van der Waals surface area contributed by atoms with E-state index in [1.807, 2.05) is 6.92 Å². The van der Waals surface area contributed by atoms with E-state index in [4.69, 9.17) is 6.42 Å². The molecule has 1 heterocycles. The zero-order valence-electron chi connectivity index (χ0n) is 25.6. The van der Waals surface area contributed by atoms with Gasteiger partial charge in [-0.1, -0.05) is 26.7 Å². The molecule has 0 radical (unpaired) electrons. The molecule has 11 atom stereocenters. The van der Waals surface area contributed by atoms with Gasteiger partial charge >= 0.3 is 0 Å². The van der Waals surface area contributed by atoms with Gasteiger partial charge in [0, 0.05) is 6.42 Å². The van der Waals surface area contributed by atoms with Crippen LogP contribution < -0.4 is 10.6 Å². The van der Waals surface area contributed by atoms with Crippen LogP contribution in [0.2, 0.25) is 0 Å². The highest BCUT2D eigenvalue weighted by molar-refractivity contribution is 5.87. The van der Waals surface area contributed by atoms with Gasteiger partial charge in [-0.2, -0.15) is 10.2 Å². The van der Waals surface area contributed by atoms with Crippen LogP contribution >= 0.6 is 0 Å². The third-order valence-electron chi connectivity index (χ3n) is 12.7. The van der Waals surface area contributed by atoms with Crippen LogP contribution in [0.25, 0.3) is 0 Å². The van der Waals surface area contributed by atoms with Crippen molar-refractivity contribution in [1.82, 2.24) is 10.6 Å². The van der Waals surface area contributed by atoms with Crippen LogP contribution in [0.3, 0.4) is 0 Å². The Hall–Kier alpha value is -1.98. The molecule has 0 saturated heterocycles. The molecule has 4 N–H and O–H groups in total. The molecule has 4 saturated carbocycles. The summed E-state index contributed by atoms with van der Waals surface area (Å²) >= 11 is 0. The van der Waals surface area contributed by atoms with E-state index in [1.54, 1.807) is 0 Å². The number of rotatable bonds is 10. The molecule has 41 heavy (non-hydrogen) atoms. The van der Waals surface area contributed by atoms with Crippen LogP contribution in [0.4, 0.5) is 0 Å². The smallest absolute Gasteiger partial charge is 0.243 e. The summed E-state index contributed by atoms with van der Waals surface area (Å²) in [4.78, 5) is 25.7. The lowest BCUT2D eigenvalue weighted by Crippen LogP contribution is -2.58. The summed E-state index contributed by atoms with van der Waals surface area (Å²) in [5.74, 6) is 4.99. The Kier molecular flexibility index (Phi) is 8.62. The first-order chi connectivity index (χ1) is 19.4. The molecule has 0 aromatic rings. The lowest BCUT2D eigenvalue weighted by molar-refractivity contribution is -0.175. The normalized spacial score (nSPS) is 41.6. The van der Waals surface area contributed by atoms with Crippen molar-refractivity contribution >= 4 is 11.8 Å². The Balaban J connectivity index is 1.19. The van der Waals surface area contributed by atoms with Crippen molar-refractivity contribution in [3.63, 3.8) is 0 Å². The number of hydrogen-bond acceptors (Lipinski definition) is 6. The number of carbonyl (C=O) groups excluding carboxylic acids is 2. The van der Waals surface area contributed by atoms with Crippen LogP contribution in [-0.2, 0) is 9.59 Å². The molecule has 0 bridgehead atoms. The van der Waals surface area contributed by atoms with Gasteiger partial charge < -0.3 is 20.8 Å². The number of fused-ring (bicyclic) bond motifs is 5. The zero-order chi connectivity index (χ0) is 29.6. The predicted molar refractivity (Wildman–Crippen MR) is 157 cm³/mol. The molecule has 8 nitrogen and oxygen atoms in total. The molecule has 228 valence electrons. The Labute approximate surface area is 246 Å². The monoisotopic (exact) mass is 568 g/mol. The van der Waals surface area contributed by atoms with Crippen LogP contribution in [-0.4, -0.2) is 52.5 Å². The second-order valence-corrected chi connectivity index (χ2v) is 14.9. The predicted octanol–water partition coefficient (Wildman–Crippen LogP) is 4.59. The largest absolute Gasteiger partial charge is 0.393 e. The topological polar surface area (TPSA) is 123 Å². The van der Waals surface area contributed by atoms with Gasteiger partial charge in [0.25, 0.3) is 0 Å². The van der Waals surface area contributed by atoms with Crippen LogP contribution in [0.15, 0.2) is 10.2 Å². The van der Waals surface area contributed by atoms with Crippen molar-refractivity contribution in [2.45, 2.75) is 129 Å². The van der Waals surface area contributed by atoms with Crippen molar-refractivity contribution in [1.29, 1.82) is 0 Å². The summed E-state index contributed by atoms with van der Waals surface area (Å²) in [6, 6.07) is -0.656. The van der Waals surface area contributed by atoms with Gasteiger partial charge in [0.05, 0.1) is 18.8 Å². The highest BCUT2D eigenvalue weighted by Gasteiger charge is 2.63. The quantitative estimate of drug-likeness (QED) is 0.288. The minimum atomic E-state index is -0.656. The van der Waals surface area contributed by atoms with E-state index in [9.17, 15) is 19.8 Å². The van der Waals surface area contributed by atoms with E-state index >= 15 is 0 Å². The van der Waals surface area contributed by atoms with E-state index in [1.165, 1.54) is 12.8 Å². The molecule has 5 rings (SSSR count). The number of aliphatic hydroxyl groups is 2. The summed E-state index contributed by atoms with van der Waals surface area (Å²) in [7, 11) is 0. The maximum absolute atomic E-state index is 13.1. The number of hydrogen-bond donors (Lipinski definition) is 4. The Bertz CT molecular complexity index is 1070. The van der Waals surface area contributed by atoms with Gasteiger partial charge in [0.15, 0.2) is 5.66 Å². The molecule has 0 aromatic carbocycles. The Morgan fingerprint density at radius 3 is 2.49 bits per heavy atom. The molecule has 3 unspecified atom stereocenters. The molecule has 4 aliphatic carbocycles. The summed E-state index contributed by atoms with van der Waals surface area (Å²) in [6.07, 6.45) is 15.4. The summed E-state index contributed by atoms with van der Waals surface area (Å²) in [5.41, 5.74) is -0.333. The van der Waals surface area contributed by atoms with Gasteiger partial charge in [-0.05, 0) is 124 Å². The SMILES string of the molecule is C#CCNC(=O)C(CCC1(C)N=N1)NC(=O)CC[C@@H](C)[C@H]1CC[C@H]2[C@@H]3CC[C@@H]4C[C@H](O)CC[C@]4(C)C3CC(O)[C@]12C. The second-order valence-electron chi connectivity index (χ2n) is 14.9. The number of aliphatic hydroxyl groups excluding tert-OH is 2. The fraction of sp³-hybridized carbons (Fsp3) is 0.879. The molecular formula is C33H52N4O4. The van der Waals surface area contributed by atoms with Crippen molar-refractivity contribution in [3.8, 4) is 12.3 Å². The lowest BCUT2D eigenvalue weighted by Gasteiger charge is -2.62. The number of carbonyl (C=O) groups is 2. The van der Waals surface area contributed by atoms with Gasteiger partial charge in [-0.25, -0.2) is 0 Å². The van der Waals surface area contributed by atoms with Crippen LogP contribution in [0.1, 0.15) is 105 Å². The first kappa shape index (κ1) is 30.5. The lowest BCUT2D eigenvalue weighted by atomic mass is 9.43. The fourth-order valence-corrected chi connectivity index (χ4v) is 10.1. The molecule has 2 amide bonds. The molecule has 4 fully saturated rings. The van der Waals surface area contributed by atoms with Gasteiger partial charge in [0.2, 0.25) is 11.8 Å². The van der Waals surface area contributed by atoms with Crippen molar-refractivity contribution in [2.24, 2.45) is 56.6 Å². The van der Waals surface area contributed by atoms with Crippen LogP contribution in [0.5, 0.6) is 0 Å². The number of amides is 2. The summed E-state index contributed by atoms with van der Waals surface area (Å²) < 4.78 is 0. The third-order valence-corrected chi connectivity index (χ3v) is 12.7. The highest BCUT2D eigenvalue weighted by atomic mass is 16.3. The highest BCUT2D eigenvalue weighted by Crippen LogP contribution is 2.68. The zero-order valence-corrected chi connectivity index (χ0v) is 25.6. The standard InChI is InChI=1S/C33H52N4O4/c1-6-17-34-30(41)27(14-16-32(4)36-37-32)35-29(40)12-7-20(2)24-10-11-25-23-9-8-21-18-22(38)13-15-31(21,3)26(23)19-28(39)33(24,25)5/h1,20-28,38-39H,7-19H2,2-5H3,(H,34,41)(H,35,40)/t20-,21-,22-,23+,24-,25+,26?,27?,28?,31+,33-/m1/s1. The second kappa shape index (κ2) is 11.6. The molecule has 5 aliphatic rings. The number of nitrogens with one attached hydrogen (secondary N) is 2. The van der Waals surface area contributed by atoms with Crippen molar-refractivity contribution < 1.29 is 19.8 Å². The molecule has 0 aromatic heterocycles. The third kappa shape index (κ3) is 5.83. The minimum Gasteiger partial charge on any atom is -0.393 e. The van der Waals surface area contributed by atoms with Gasteiger partial charge in [-0.15, -0.1) is 6.42 Å². The molecule has 8 heteroatoms. The van der Waals surface area contributed by atoms with Crippen molar-refractivity contribution in [3.05, 3.63) is 0 Å². The maximum Gasteiger partial charge on any atom is 0.243 e. The van der Waals surface area contributed by atoms with Gasteiger partial charge in [0.1, 0.15) is 6.04 Å². The summed E-state index contributed by atoms with van der Waals surface area (Å²) in [6.45, 7) is 9.08. The first-order valence-corrected chi connectivity index (χ1v) is 16.2. The average Bonchev–Trinajstić information content (AvgIpc) is 3.56. The number of terminal acetylenes is 1. The van der Waals surface area contributed by atoms with Crippen LogP contribution in [0, 0.1) is 58.7 Å². The Morgan fingerprint density at radius 1 is 1.02 bits per heavy atom.